The van der Waals surface area contributed by atoms with Gasteiger partial charge in [0.15, 0.2) is 0 Å². The predicted octanol–water partition coefficient (Wildman–Crippen LogP) is 1.20. The molecule has 14 heavy (non-hydrogen) atoms. The third-order valence-corrected chi connectivity index (χ3v) is 2.04. The standard InChI is InChI=1S/C11H15N3/c1-4-5-13-11-10(7-12)8(2)6-9(3)14-11/h1,6H,5,7,12H2,2-3H3,(H,13,14). The van der Waals surface area contributed by atoms with Crippen LogP contribution in [0, 0.1) is 26.2 Å². The molecule has 0 bridgehead atoms. The first kappa shape index (κ1) is 10.6. The van der Waals surface area contributed by atoms with Crippen LogP contribution in [0.1, 0.15) is 16.8 Å². The maximum Gasteiger partial charge on any atom is 0.131 e. The zero-order valence-electron chi connectivity index (χ0n) is 8.59. The molecule has 0 aliphatic carbocycles. The van der Waals surface area contributed by atoms with Crippen LogP contribution in [0.3, 0.4) is 0 Å². The van der Waals surface area contributed by atoms with E-state index >= 15 is 0 Å². The predicted molar refractivity (Wildman–Crippen MR) is 58.9 cm³/mol. The van der Waals surface area contributed by atoms with E-state index < -0.39 is 0 Å². The van der Waals surface area contributed by atoms with Crippen molar-refractivity contribution >= 4 is 5.82 Å². The van der Waals surface area contributed by atoms with E-state index in [0.29, 0.717) is 13.1 Å². The molecule has 0 aromatic carbocycles. The van der Waals surface area contributed by atoms with Gasteiger partial charge in [0, 0.05) is 17.8 Å². The van der Waals surface area contributed by atoms with Crippen LogP contribution in [0.5, 0.6) is 0 Å². The number of nitrogens with two attached hydrogens (primary N) is 1. The molecule has 0 atom stereocenters. The Morgan fingerprint density at radius 1 is 1.57 bits per heavy atom. The van der Waals surface area contributed by atoms with Crippen molar-refractivity contribution in [3.05, 3.63) is 22.9 Å². The van der Waals surface area contributed by atoms with Crippen molar-refractivity contribution in [3.63, 3.8) is 0 Å². The van der Waals surface area contributed by atoms with Crippen LogP contribution < -0.4 is 11.1 Å². The number of hydrogen-bond acceptors (Lipinski definition) is 3. The fourth-order valence-electron chi connectivity index (χ4n) is 1.40. The van der Waals surface area contributed by atoms with E-state index in [9.17, 15) is 0 Å². The minimum absolute atomic E-state index is 0.475. The van der Waals surface area contributed by atoms with Crippen molar-refractivity contribution in [3.8, 4) is 12.3 Å². The molecule has 0 aliphatic rings. The number of nitrogens with zero attached hydrogens (tertiary/aromatic N) is 1. The van der Waals surface area contributed by atoms with Crippen LogP contribution in [0.15, 0.2) is 6.07 Å². The number of terminal acetylenes is 1. The topological polar surface area (TPSA) is 50.9 Å². The van der Waals surface area contributed by atoms with Gasteiger partial charge in [-0.15, -0.1) is 6.42 Å². The summed E-state index contributed by atoms with van der Waals surface area (Å²) in [5.41, 5.74) is 8.80. The van der Waals surface area contributed by atoms with Crippen molar-refractivity contribution in [2.45, 2.75) is 20.4 Å². The number of nitrogens with one attached hydrogen (secondary N) is 1. The largest absolute Gasteiger partial charge is 0.359 e. The van der Waals surface area contributed by atoms with Crippen LogP contribution in [-0.4, -0.2) is 11.5 Å². The van der Waals surface area contributed by atoms with Gasteiger partial charge in [0.2, 0.25) is 0 Å². The highest BCUT2D eigenvalue weighted by molar-refractivity contribution is 5.49. The molecule has 0 amide bonds. The molecule has 0 fully saturated rings. The number of rotatable bonds is 3. The lowest BCUT2D eigenvalue weighted by molar-refractivity contribution is 1.01. The average molecular weight is 189 g/mol. The van der Waals surface area contributed by atoms with Crippen molar-refractivity contribution in [1.29, 1.82) is 0 Å². The maximum atomic E-state index is 5.64. The van der Waals surface area contributed by atoms with E-state index in [0.717, 1.165) is 22.6 Å². The van der Waals surface area contributed by atoms with Crippen molar-refractivity contribution < 1.29 is 0 Å². The molecule has 1 aromatic rings. The zero-order chi connectivity index (χ0) is 10.6. The van der Waals surface area contributed by atoms with Gasteiger partial charge >= 0.3 is 0 Å². The molecular weight excluding hydrogens is 174 g/mol. The SMILES string of the molecule is C#CCNc1nc(C)cc(C)c1CN. The van der Waals surface area contributed by atoms with Gasteiger partial charge < -0.3 is 11.1 Å². The third kappa shape index (κ3) is 2.24. The first-order valence-corrected chi connectivity index (χ1v) is 4.53. The van der Waals surface area contributed by atoms with E-state index in [1.54, 1.807) is 0 Å². The Kier molecular flexibility index (Phi) is 3.49. The minimum atomic E-state index is 0.475. The normalized spacial score (nSPS) is 9.57. The summed E-state index contributed by atoms with van der Waals surface area (Å²) >= 11 is 0. The lowest BCUT2D eigenvalue weighted by Gasteiger charge is -2.11. The van der Waals surface area contributed by atoms with E-state index in [-0.39, 0.29) is 0 Å². The number of hydrogen-bond donors (Lipinski definition) is 2. The fraction of sp³-hybridized carbons (Fsp3) is 0.364. The van der Waals surface area contributed by atoms with Gasteiger partial charge in [-0.1, -0.05) is 5.92 Å². The Morgan fingerprint density at radius 3 is 2.86 bits per heavy atom. The van der Waals surface area contributed by atoms with Gasteiger partial charge in [0.25, 0.3) is 0 Å². The Morgan fingerprint density at radius 2 is 2.29 bits per heavy atom. The molecule has 3 N–H and O–H groups in total. The van der Waals surface area contributed by atoms with Crippen molar-refractivity contribution in [1.82, 2.24) is 4.98 Å². The highest BCUT2D eigenvalue weighted by Crippen LogP contribution is 2.17. The molecule has 1 heterocycles. The van der Waals surface area contributed by atoms with E-state index in [1.165, 1.54) is 0 Å². The summed E-state index contributed by atoms with van der Waals surface area (Å²) in [6.45, 7) is 4.93. The van der Waals surface area contributed by atoms with Gasteiger partial charge in [0.1, 0.15) is 5.82 Å². The number of anilines is 1. The van der Waals surface area contributed by atoms with Gasteiger partial charge in [0.05, 0.1) is 6.54 Å². The molecule has 0 unspecified atom stereocenters. The maximum absolute atomic E-state index is 5.64. The van der Waals surface area contributed by atoms with Gasteiger partial charge in [-0.3, -0.25) is 0 Å². The summed E-state index contributed by atoms with van der Waals surface area (Å²) in [6, 6.07) is 2.02. The first-order chi connectivity index (χ1) is 6.69. The number of aryl methyl sites for hydroxylation is 2. The molecule has 1 rings (SSSR count). The minimum Gasteiger partial charge on any atom is -0.359 e. The fourth-order valence-corrected chi connectivity index (χ4v) is 1.40. The lowest BCUT2D eigenvalue weighted by Crippen LogP contribution is -2.10. The Bertz CT molecular complexity index is 364. The molecule has 0 radical (unpaired) electrons. The van der Waals surface area contributed by atoms with Gasteiger partial charge in [-0.05, 0) is 25.5 Å². The average Bonchev–Trinajstić information content (AvgIpc) is 2.14. The molecule has 3 nitrogen and oxygen atoms in total. The van der Waals surface area contributed by atoms with Crippen LogP contribution in [0.25, 0.3) is 0 Å². The number of aromatic nitrogens is 1. The smallest absolute Gasteiger partial charge is 0.131 e. The van der Waals surface area contributed by atoms with Gasteiger partial charge in [-0.2, -0.15) is 0 Å². The molecule has 0 spiro atoms. The quantitative estimate of drug-likeness (QED) is 0.702. The molecule has 3 heteroatoms. The molecule has 0 aliphatic heterocycles. The van der Waals surface area contributed by atoms with Crippen LogP contribution in [-0.2, 0) is 6.54 Å². The Hall–Kier alpha value is -1.53. The Labute approximate surface area is 84.7 Å². The highest BCUT2D eigenvalue weighted by Gasteiger charge is 2.05. The zero-order valence-corrected chi connectivity index (χ0v) is 8.59. The summed E-state index contributed by atoms with van der Waals surface area (Å²) in [5.74, 6) is 3.32. The lowest BCUT2D eigenvalue weighted by atomic mass is 10.1. The van der Waals surface area contributed by atoms with E-state index in [4.69, 9.17) is 12.2 Å². The van der Waals surface area contributed by atoms with Crippen molar-refractivity contribution in [2.75, 3.05) is 11.9 Å². The summed E-state index contributed by atoms with van der Waals surface area (Å²) in [6.07, 6.45) is 5.17. The summed E-state index contributed by atoms with van der Waals surface area (Å²) in [4.78, 5) is 4.36. The monoisotopic (exact) mass is 189 g/mol. The summed E-state index contributed by atoms with van der Waals surface area (Å²) in [7, 11) is 0. The van der Waals surface area contributed by atoms with E-state index in [1.807, 2.05) is 19.9 Å². The van der Waals surface area contributed by atoms with Crippen LogP contribution in [0.4, 0.5) is 5.82 Å². The summed E-state index contributed by atoms with van der Waals surface area (Å²) < 4.78 is 0. The molecule has 0 saturated carbocycles. The van der Waals surface area contributed by atoms with Gasteiger partial charge in [-0.25, -0.2) is 4.98 Å². The van der Waals surface area contributed by atoms with Crippen LogP contribution >= 0.6 is 0 Å². The van der Waals surface area contributed by atoms with E-state index in [2.05, 4.69) is 16.2 Å². The first-order valence-electron chi connectivity index (χ1n) is 4.53. The molecular formula is C11H15N3. The summed E-state index contributed by atoms with van der Waals surface area (Å²) in [5, 5.41) is 3.07. The second-order valence-corrected chi connectivity index (χ2v) is 3.17. The van der Waals surface area contributed by atoms with Crippen molar-refractivity contribution in [2.24, 2.45) is 5.73 Å². The highest BCUT2D eigenvalue weighted by atomic mass is 15.0. The number of pyridine rings is 1. The molecule has 0 saturated heterocycles. The molecule has 74 valence electrons. The second kappa shape index (κ2) is 4.64. The third-order valence-electron chi connectivity index (χ3n) is 2.04. The Balaban J connectivity index is 3.06. The van der Waals surface area contributed by atoms with Crippen LogP contribution in [0.2, 0.25) is 0 Å². The molecule has 1 aromatic heterocycles. The second-order valence-electron chi connectivity index (χ2n) is 3.17.